The second-order valence-corrected chi connectivity index (χ2v) is 7.97. The molecule has 4 rings (SSSR count). The van der Waals surface area contributed by atoms with E-state index in [1.54, 1.807) is 17.1 Å². The molecule has 0 aliphatic carbocycles. The SMILES string of the molecule is Cc1cc(C)nc(-n2nc(C)c(CC(=O)Nc3ccc(Cc4ccncc4)cc3)c2C)n1. The summed E-state index contributed by atoms with van der Waals surface area (Å²) in [6.45, 7) is 7.71. The van der Waals surface area contributed by atoms with Gasteiger partial charge in [0.25, 0.3) is 5.95 Å². The number of carbonyl (C=O) groups excluding carboxylic acids is 1. The number of nitrogens with zero attached hydrogens (tertiary/aromatic N) is 5. The van der Waals surface area contributed by atoms with Crippen molar-refractivity contribution in [2.75, 3.05) is 5.32 Å². The molecular formula is C25H26N6O. The van der Waals surface area contributed by atoms with E-state index in [4.69, 9.17) is 0 Å². The largest absolute Gasteiger partial charge is 0.326 e. The molecule has 7 nitrogen and oxygen atoms in total. The summed E-state index contributed by atoms with van der Waals surface area (Å²) in [5, 5.41) is 7.57. The number of nitrogens with one attached hydrogen (secondary N) is 1. The van der Waals surface area contributed by atoms with Gasteiger partial charge in [-0.05, 0) is 75.6 Å². The first-order chi connectivity index (χ1) is 15.4. The zero-order valence-corrected chi connectivity index (χ0v) is 18.8. The molecule has 162 valence electrons. The van der Waals surface area contributed by atoms with E-state index < -0.39 is 0 Å². The molecule has 0 saturated carbocycles. The summed E-state index contributed by atoms with van der Waals surface area (Å²) in [6.07, 6.45) is 4.65. The summed E-state index contributed by atoms with van der Waals surface area (Å²) in [5.74, 6) is 0.443. The van der Waals surface area contributed by atoms with E-state index in [0.717, 1.165) is 40.4 Å². The Labute approximate surface area is 187 Å². The average molecular weight is 427 g/mol. The van der Waals surface area contributed by atoms with Crippen LogP contribution in [0.1, 0.15) is 39.5 Å². The lowest BCUT2D eigenvalue weighted by atomic mass is 10.1. The summed E-state index contributed by atoms with van der Waals surface area (Å²) >= 11 is 0. The van der Waals surface area contributed by atoms with Crippen LogP contribution in [0.25, 0.3) is 5.95 Å². The number of aromatic nitrogens is 5. The maximum absolute atomic E-state index is 12.7. The Morgan fingerprint density at radius 3 is 2.19 bits per heavy atom. The van der Waals surface area contributed by atoms with Crippen molar-refractivity contribution in [3.8, 4) is 5.95 Å². The third-order valence-electron chi connectivity index (χ3n) is 5.33. The first-order valence-electron chi connectivity index (χ1n) is 10.5. The molecule has 0 bridgehead atoms. The minimum atomic E-state index is -0.0843. The van der Waals surface area contributed by atoms with Crippen molar-refractivity contribution in [1.29, 1.82) is 0 Å². The number of carbonyl (C=O) groups is 1. The highest BCUT2D eigenvalue weighted by Crippen LogP contribution is 2.19. The molecule has 1 N–H and O–H groups in total. The smallest absolute Gasteiger partial charge is 0.251 e. The Morgan fingerprint density at radius 2 is 1.53 bits per heavy atom. The van der Waals surface area contributed by atoms with Crippen molar-refractivity contribution in [3.05, 3.63) is 94.3 Å². The van der Waals surface area contributed by atoms with E-state index in [-0.39, 0.29) is 12.3 Å². The fourth-order valence-corrected chi connectivity index (χ4v) is 3.74. The van der Waals surface area contributed by atoms with Gasteiger partial charge in [0.15, 0.2) is 0 Å². The first kappa shape index (κ1) is 21.4. The minimum Gasteiger partial charge on any atom is -0.326 e. The molecule has 0 saturated heterocycles. The molecule has 0 aliphatic heterocycles. The van der Waals surface area contributed by atoms with Crippen LogP contribution < -0.4 is 5.32 Å². The van der Waals surface area contributed by atoms with Crippen LogP contribution >= 0.6 is 0 Å². The van der Waals surface area contributed by atoms with Gasteiger partial charge in [0.05, 0.1) is 12.1 Å². The first-order valence-corrected chi connectivity index (χ1v) is 10.5. The minimum absolute atomic E-state index is 0.0843. The highest BCUT2D eigenvalue weighted by Gasteiger charge is 2.18. The van der Waals surface area contributed by atoms with E-state index in [1.807, 2.05) is 70.2 Å². The molecule has 7 heteroatoms. The number of amides is 1. The van der Waals surface area contributed by atoms with E-state index in [9.17, 15) is 4.79 Å². The molecule has 3 aromatic heterocycles. The van der Waals surface area contributed by atoms with Crippen LogP contribution in [0.5, 0.6) is 0 Å². The van der Waals surface area contributed by atoms with Crippen LogP contribution in [0.2, 0.25) is 0 Å². The topological polar surface area (TPSA) is 85.6 Å². The third-order valence-corrected chi connectivity index (χ3v) is 5.33. The number of benzene rings is 1. The van der Waals surface area contributed by atoms with Crippen LogP contribution in [-0.4, -0.2) is 30.6 Å². The molecule has 32 heavy (non-hydrogen) atoms. The van der Waals surface area contributed by atoms with Crippen molar-refractivity contribution in [1.82, 2.24) is 24.7 Å². The maximum atomic E-state index is 12.7. The van der Waals surface area contributed by atoms with Crippen molar-refractivity contribution in [2.24, 2.45) is 0 Å². The summed E-state index contributed by atoms with van der Waals surface area (Å²) in [7, 11) is 0. The van der Waals surface area contributed by atoms with Gasteiger partial charge in [-0.15, -0.1) is 0 Å². The van der Waals surface area contributed by atoms with Crippen LogP contribution in [-0.2, 0) is 17.6 Å². The average Bonchev–Trinajstić information content (AvgIpc) is 3.03. The lowest BCUT2D eigenvalue weighted by Crippen LogP contribution is -2.15. The van der Waals surface area contributed by atoms with Gasteiger partial charge in [-0.1, -0.05) is 12.1 Å². The molecule has 0 atom stereocenters. The van der Waals surface area contributed by atoms with Crippen LogP contribution in [0.3, 0.4) is 0 Å². The van der Waals surface area contributed by atoms with Gasteiger partial charge >= 0.3 is 0 Å². The van der Waals surface area contributed by atoms with E-state index in [1.165, 1.54) is 11.1 Å². The van der Waals surface area contributed by atoms with E-state index in [0.29, 0.717) is 5.95 Å². The number of pyridine rings is 1. The lowest BCUT2D eigenvalue weighted by Gasteiger charge is -2.08. The van der Waals surface area contributed by atoms with Crippen molar-refractivity contribution in [3.63, 3.8) is 0 Å². The number of rotatable bonds is 6. The van der Waals surface area contributed by atoms with Gasteiger partial charge < -0.3 is 5.32 Å². The molecule has 0 unspecified atom stereocenters. The zero-order valence-electron chi connectivity index (χ0n) is 18.8. The fourth-order valence-electron chi connectivity index (χ4n) is 3.74. The van der Waals surface area contributed by atoms with Crippen LogP contribution in [0.4, 0.5) is 5.69 Å². The zero-order chi connectivity index (χ0) is 22.7. The summed E-state index contributed by atoms with van der Waals surface area (Å²) in [4.78, 5) is 25.8. The van der Waals surface area contributed by atoms with E-state index in [2.05, 4.69) is 25.4 Å². The molecule has 3 heterocycles. The predicted octanol–water partition coefficient (Wildman–Crippen LogP) is 4.06. The maximum Gasteiger partial charge on any atom is 0.251 e. The highest BCUT2D eigenvalue weighted by molar-refractivity contribution is 5.92. The number of hydrogen-bond acceptors (Lipinski definition) is 5. The quantitative estimate of drug-likeness (QED) is 0.502. The van der Waals surface area contributed by atoms with Gasteiger partial charge in [0.2, 0.25) is 5.91 Å². The van der Waals surface area contributed by atoms with Crippen molar-refractivity contribution < 1.29 is 4.79 Å². The number of anilines is 1. The predicted molar refractivity (Wildman–Crippen MR) is 124 cm³/mol. The van der Waals surface area contributed by atoms with Gasteiger partial charge in [0, 0.05) is 40.7 Å². The van der Waals surface area contributed by atoms with Gasteiger partial charge in [-0.2, -0.15) is 5.10 Å². The van der Waals surface area contributed by atoms with Crippen molar-refractivity contribution >= 4 is 11.6 Å². The van der Waals surface area contributed by atoms with Crippen molar-refractivity contribution in [2.45, 2.75) is 40.5 Å². The summed E-state index contributed by atoms with van der Waals surface area (Å²) in [5.41, 5.74) is 7.47. The Hall–Kier alpha value is -3.87. The Bertz CT molecular complexity index is 1230. The molecule has 0 radical (unpaired) electrons. The van der Waals surface area contributed by atoms with Gasteiger partial charge in [0.1, 0.15) is 0 Å². The molecule has 1 amide bonds. The summed E-state index contributed by atoms with van der Waals surface area (Å²) < 4.78 is 1.71. The Balaban J connectivity index is 1.45. The fraction of sp³-hybridized carbons (Fsp3) is 0.240. The molecule has 0 fully saturated rings. The normalized spacial score (nSPS) is 10.9. The highest BCUT2D eigenvalue weighted by atomic mass is 16.1. The second kappa shape index (κ2) is 9.09. The standard InChI is InChI=1S/C25H26N6O/c1-16-13-17(2)28-25(27-16)31-19(4)23(18(3)30-31)15-24(32)29-22-7-5-20(6-8-22)14-21-9-11-26-12-10-21/h5-13H,14-15H2,1-4H3,(H,29,32). The number of hydrogen-bond donors (Lipinski definition) is 1. The molecule has 0 spiro atoms. The second-order valence-electron chi connectivity index (χ2n) is 7.97. The Kier molecular flexibility index (Phi) is 6.07. The monoisotopic (exact) mass is 426 g/mol. The molecule has 0 aliphatic rings. The van der Waals surface area contributed by atoms with E-state index >= 15 is 0 Å². The summed E-state index contributed by atoms with van der Waals surface area (Å²) in [6, 6.07) is 13.9. The number of aryl methyl sites for hydroxylation is 3. The molecule has 1 aromatic carbocycles. The molecule has 4 aromatic rings. The van der Waals surface area contributed by atoms with Crippen LogP contribution in [0, 0.1) is 27.7 Å². The van der Waals surface area contributed by atoms with Gasteiger partial charge in [-0.25, -0.2) is 14.6 Å². The van der Waals surface area contributed by atoms with Crippen LogP contribution in [0.15, 0.2) is 54.9 Å². The third kappa shape index (κ3) is 4.88. The lowest BCUT2D eigenvalue weighted by molar-refractivity contribution is -0.115. The molecular weight excluding hydrogens is 400 g/mol. The Morgan fingerprint density at radius 1 is 0.906 bits per heavy atom. The van der Waals surface area contributed by atoms with Gasteiger partial charge in [-0.3, -0.25) is 9.78 Å².